The third-order valence-corrected chi connectivity index (χ3v) is 8.96. The van der Waals surface area contributed by atoms with Crippen LogP contribution in [0.25, 0.3) is 0 Å². The summed E-state index contributed by atoms with van der Waals surface area (Å²) in [6, 6.07) is 20.8. The molecule has 1 amide bonds. The van der Waals surface area contributed by atoms with Gasteiger partial charge in [-0.1, -0.05) is 30.3 Å². The Morgan fingerprint density at radius 3 is 2.06 bits per heavy atom. The highest BCUT2D eigenvalue weighted by atomic mass is 32.2. The van der Waals surface area contributed by atoms with E-state index in [-0.39, 0.29) is 28.8 Å². The molecule has 3 aromatic rings. The van der Waals surface area contributed by atoms with Gasteiger partial charge in [0.05, 0.1) is 9.79 Å². The van der Waals surface area contributed by atoms with Gasteiger partial charge in [-0.3, -0.25) is 9.52 Å². The number of amides is 1. The first kappa shape index (κ1) is 25.7. The number of hydrogen-bond donors (Lipinski definition) is 2. The van der Waals surface area contributed by atoms with Gasteiger partial charge in [0, 0.05) is 25.3 Å². The normalized spacial score (nSPS) is 14.3. The Kier molecular flexibility index (Phi) is 7.92. The molecule has 0 unspecified atom stereocenters. The van der Waals surface area contributed by atoms with Gasteiger partial charge in [0.1, 0.15) is 5.75 Å². The van der Waals surface area contributed by atoms with E-state index in [4.69, 9.17) is 4.74 Å². The van der Waals surface area contributed by atoms with E-state index in [0.29, 0.717) is 24.5 Å². The standard InChI is InChI=1S/C25H27N3O6S2/c29-25(26-18-20-8-12-24(13-9-20)36(32,33)28-16-4-5-17-28)19-34-22-10-14-23(15-11-22)35(30,31)27-21-6-2-1-3-7-21/h1-3,6-15,27H,4-5,16-19H2,(H,26,29). The van der Waals surface area contributed by atoms with Gasteiger partial charge < -0.3 is 10.1 Å². The molecule has 0 aromatic heterocycles. The highest BCUT2D eigenvalue weighted by molar-refractivity contribution is 7.92. The third kappa shape index (κ3) is 6.42. The summed E-state index contributed by atoms with van der Waals surface area (Å²) >= 11 is 0. The molecule has 0 spiro atoms. The van der Waals surface area contributed by atoms with Gasteiger partial charge in [-0.15, -0.1) is 0 Å². The van der Waals surface area contributed by atoms with Crippen LogP contribution in [0.4, 0.5) is 5.69 Å². The zero-order valence-corrected chi connectivity index (χ0v) is 21.1. The van der Waals surface area contributed by atoms with Crippen LogP contribution in [0.2, 0.25) is 0 Å². The van der Waals surface area contributed by atoms with E-state index in [1.807, 2.05) is 0 Å². The second-order valence-corrected chi connectivity index (χ2v) is 11.9. The summed E-state index contributed by atoms with van der Waals surface area (Å²) in [5, 5.41) is 2.72. The fraction of sp³-hybridized carbons (Fsp3) is 0.240. The summed E-state index contributed by atoms with van der Waals surface area (Å²) in [6.45, 7) is 1.05. The minimum absolute atomic E-state index is 0.0679. The summed E-state index contributed by atoms with van der Waals surface area (Å²) < 4.78 is 59.6. The van der Waals surface area contributed by atoms with E-state index >= 15 is 0 Å². The molecule has 1 fully saturated rings. The van der Waals surface area contributed by atoms with Crippen molar-refractivity contribution in [2.75, 3.05) is 24.4 Å². The molecule has 3 aromatic carbocycles. The average Bonchev–Trinajstić information content (AvgIpc) is 3.43. The SMILES string of the molecule is O=C(COc1ccc(S(=O)(=O)Nc2ccccc2)cc1)NCc1ccc(S(=O)(=O)N2CCCC2)cc1. The fourth-order valence-corrected chi connectivity index (χ4v) is 6.27. The van der Waals surface area contributed by atoms with Crippen molar-refractivity contribution in [2.45, 2.75) is 29.2 Å². The van der Waals surface area contributed by atoms with Crippen molar-refractivity contribution in [2.24, 2.45) is 0 Å². The number of carbonyl (C=O) groups is 1. The van der Waals surface area contributed by atoms with Crippen LogP contribution in [0.5, 0.6) is 5.75 Å². The van der Waals surface area contributed by atoms with Gasteiger partial charge in [0.25, 0.3) is 15.9 Å². The van der Waals surface area contributed by atoms with Crippen LogP contribution in [0.1, 0.15) is 18.4 Å². The van der Waals surface area contributed by atoms with E-state index < -0.39 is 20.0 Å². The van der Waals surface area contributed by atoms with Crippen molar-refractivity contribution >= 4 is 31.6 Å². The quantitative estimate of drug-likeness (QED) is 0.417. The van der Waals surface area contributed by atoms with E-state index in [0.717, 1.165) is 18.4 Å². The summed E-state index contributed by atoms with van der Waals surface area (Å²) in [5.74, 6) is -0.0218. The van der Waals surface area contributed by atoms with Crippen LogP contribution in [-0.4, -0.2) is 46.7 Å². The highest BCUT2D eigenvalue weighted by Crippen LogP contribution is 2.21. The predicted octanol–water partition coefficient (Wildman–Crippen LogP) is 2.97. The molecular weight excluding hydrogens is 502 g/mol. The maximum Gasteiger partial charge on any atom is 0.261 e. The minimum Gasteiger partial charge on any atom is -0.484 e. The predicted molar refractivity (Wildman–Crippen MR) is 135 cm³/mol. The Balaban J connectivity index is 1.25. The second kappa shape index (κ2) is 11.1. The van der Waals surface area contributed by atoms with E-state index in [9.17, 15) is 21.6 Å². The van der Waals surface area contributed by atoms with E-state index in [1.54, 1.807) is 54.6 Å². The summed E-state index contributed by atoms with van der Waals surface area (Å²) in [7, 11) is -7.21. The van der Waals surface area contributed by atoms with Gasteiger partial charge in [0.2, 0.25) is 10.0 Å². The number of nitrogens with one attached hydrogen (secondary N) is 2. The summed E-state index contributed by atoms with van der Waals surface area (Å²) in [4.78, 5) is 12.5. The molecule has 36 heavy (non-hydrogen) atoms. The first-order valence-electron chi connectivity index (χ1n) is 11.4. The molecule has 190 valence electrons. The smallest absolute Gasteiger partial charge is 0.261 e. The second-order valence-electron chi connectivity index (χ2n) is 8.26. The monoisotopic (exact) mass is 529 g/mol. The average molecular weight is 530 g/mol. The maximum absolute atomic E-state index is 12.6. The van der Waals surface area contributed by atoms with Gasteiger partial charge in [-0.25, -0.2) is 16.8 Å². The number of anilines is 1. The van der Waals surface area contributed by atoms with Crippen molar-refractivity contribution < 1.29 is 26.4 Å². The van der Waals surface area contributed by atoms with Gasteiger partial charge in [-0.05, 0) is 66.9 Å². The Morgan fingerprint density at radius 1 is 0.806 bits per heavy atom. The molecular formula is C25H27N3O6S2. The molecule has 4 rings (SSSR count). The van der Waals surface area contributed by atoms with Crippen molar-refractivity contribution in [1.29, 1.82) is 0 Å². The minimum atomic E-state index is -3.74. The van der Waals surface area contributed by atoms with E-state index in [2.05, 4.69) is 10.0 Å². The topological polar surface area (TPSA) is 122 Å². The lowest BCUT2D eigenvalue weighted by Crippen LogP contribution is -2.29. The molecule has 11 heteroatoms. The lowest BCUT2D eigenvalue weighted by atomic mass is 10.2. The zero-order chi connectivity index (χ0) is 25.6. The molecule has 0 aliphatic carbocycles. The number of ether oxygens (including phenoxy) is 1. The van der Waals surface area contributed by atoms with Crippen LogP contribution < -0.4 is 14.8 Å². The van der Waals surface area contributed by atoms with Crippen molar-refractivity contribution in [1.82, 2.24) is 9.62 Å². The number of rotatable bonds is 10. The lowest BCUT2D eigenvalue weighted by molar-refractivity contribution is -0.123. The Morgan fingerprint density at radius 2 is 1.42 bits per heavy atom. The van der Waals surface area contributed by atoms with E-state index in [1.165, 1.54) is 28.6 Å². The highest BCUT2D eigenvalue weighted by Gasteiger charge is 2.26. The number of sulfonamides is 2. The van der Waals surface area contributed by atoms with Crippen molar-refractivity contribution in [3.8, 4) is 5.75 Å². The lowest BCUT2D eigenvalue weighted by Gasteiger charge is -2.15. The molecule has 0 saturated carbocycles. The molecule has 0 atom stereocenters. The Hall–Kier alpha value is -3.41. The Bertz CT molecular complexity index is 1390. The third-order valence-electron chi connectivity index (χ3n) is 5.65. The molecule has 0 bridgehead atoms. The van der Waals surface area contributed by atoms with Gasteiger partial charge in [-0.2, -0.15) is 4.31 Å². The number of benzene rings is 3. The van der Waals surface area contributed by atoms with Crippen LogP contribution >= 0.6 is 0 Å². The largest absolute Gasteiger partial charge is 0.484 e. The number of nitrogens with zero attached hydrogens (tertiary/aromatic N) is 1. The van der Waals surface area contributed by atoms with Crippen LogP contribution in [0, 0.1) is 0 Å². The maximum atomic E-state index is 12.6. The van der Waals surface area contributed by atoms with Crippen LogP contribution in [0.15, 0.2) is 88.7 Å². The number of carbonyl (C=O) groups excluding carboxylic acids is 1. The summed E-state index contributed by atoms with van der Waals surface area (Å²) in [6.07, 6.45) is 1.75. The van der Waals surface area contributed by atoms with Gasteiger partial charge >= 0.3 is 0 Å². The first-order chi connectivity index (χ1) is 17.2. The number of para-hydroxylation sites is 1. The van der Waals surface area contributed by atoms with Gasteiger partial charge in [0.15, 0.2) is 6.61 Å². The molecule has 2 N–H and O–H groups in total. The molecule has 1 saturated heterocycles. The fourth-order valence-electron chi connectivity index (χ4n) is 3.69. The molecule has 1 heterocycles. The molecule has 0 radical (unpaired) electrons. The van der Waals surface area contributed by atoms with Crippen LogP contribution in [0.3, 0.4) is 0 Å². The molecule has 1 aliphatic heterocycles. The molecule has 1 aliphatic rings. The van der Waals surface area contributed by atoms with Crippen LogP contribution in [-0.2, 0) is 31.4 Å². The van der Waals surface area contributed by atoms with Crippen molar-refractivity contribution in [3.05, 3.63) is 84.4 Å². The summed E-state index contributed by atoms with van der Waals surface area (Å²) in [5.41, 5.74) is 1.21. The first-order valence-corrected chi connectivity index (χ1v) is 14.3. The Labute approximate surface area is 211 Å². The molecule has 9 nitrogen and oxygen atoms in total. The number of hydrogen-bond acceptors (Lipinski definition) is 6. The van der Waals surface area contributed by atoms with Crippen molar-refractivity contribution in [3.63, 3.8) is 0 Å². The zero-order valence-electron chi connectivity index (χ0n) is 19.5.